The van der Waals surface area contributed by atoms with Crippen LogP contribution in [0.15, 0.2) is 4.52 Å². The molecule has 0 saturated carbocycles. The number of aryl methyl sites for hydroxylation is 2. The van der Waals surface area contributed by atoms with Crippen LogP contribution >= 0.6 is 0 Å². The molecule has 0 radical (unpaired) electrons. The zero-order valence-electron chi connectivity index (χ0n) is 7.76. The lowest BCUT2D eigenvalue weighted by Gasteiger charge is -2.13. The first kappa shape index (κ1) is 10.7. The van der Waals surface area contributed by atoms with E-state index >= 15 is 0 Å². The summed E-state index contributed by atoms with van der Waals surface area (Å²) < 4.78 is 4.73. The van der Waals surface area contributed by atoms with Crippen molar-refractivity contribution in [3.05, 3.63) is 17.0 Å². The molecule has 1 aromatic heterocycles. The van der Waals surface area contributed by atoms with Gasteiger partial charge >= 0.3 is 5.97 Å². The zero-order valence-corrected chi connectivity index (χ0v) is 7.76. The molecule has 1 aromatic rings. The van der Waals surface area contributed by atoms with Gasteiger partial charge in [-0.25, -0.2) is 4.79 Å². The van der Waals surface area contributed by atoms with E-state index in [1.807, 2.05) is 0 Å². The van der Waals surface area contributed by atoms with Crippen molar-refractivity contribution < 1.29 is 24.6 Å². The van der Waals surface area contributed by atoms with E-state index in [1.54, 1.807) is 6.92 Å². The average molecular weight is 201 g/mol. The molecule has 2 unspecified atom stereocenters. The molecule has 0 amide bonds. The molecule has 3 N–H and O–H groups in total. The second kappa shape index (κ2) is 3.77. The van der Waals surface area contributed by atoms with Gasteiger partial charge in [0.1, 0.15) is 11.9 Å². The summed E-state index contributed by atoms with van der Waals surface area (Å²) in [6, 6.07) is 0. The Labute approximate surface area is 79.8 Å². The Hall–Kier alpha value is -1.40. The van der Waals surface area contributed by atoms with Gasteiger partial charge in [0.15, 0.2) is 6.10 Å². The van der Waals surface area contributed by atoms with Crippen LogP contribution < -0.4 is 0 Å². The molecule has 1 heterocycles. The van der Waals surface area contributed by atoms with E-state index in [1.165, 1.54) is 6.92 Å². The van der Waals surface area contributed by atoms with Crippen molar-refractivity contribution in [2.75, 3.05) is 0 Å². The van der Waals surface area contributed by atoms with E-state index < -0.39 is 18.2 Å². The first-order valence-corrected chi connectivity index (χ1v) is 3.97. The first-order valence-electron chi connectivity index (χ1n) is 3.97. The van der Waals surface area contributed by atoms with Crippen molar-refractivity contribution in [3.63, 3.8) is 0 Å². The molecule has 0 spiro atoms. The van der Waals surface area contributed by atoms with E-state index in [2.05, 4.69) is 5.16 Å². The highest BCUT2D eigenvalue weighted by Gasteiger charge is 2.29. The van der Waals surface area contributed by atoms with Crippen molar-refractivity contribution in [1.29, 1.82) is 0 Å². The fourth-order valence-electron chi connectivity index (χ4n) is 1.21. The summed E-state index contributed by atoms with van der Waals surface area (Å²) in [7, 11) is 0. The maximum atomic E-state index is 10.4. The summed E-state index contributed by atoms with van der Waals surface area (Å²) in [4.78, 5) is 10.4. The summed E-state index contributed by atoms with van der Waals surface area (Å²) in [5, 5.41) is 30.6. The second-order valence-corrected chi connectivity index (χ2v) is 2.97. The van der Waals surface area contributed by atoms with Crippen LogP contribution in [-0.2, 0) is 4.79 Å². The van der Waals surface area contributed by atoms with Gasteiger partial charge in [-0.2, -0.15) is 0 Å². The molecule has 2 atom stereocenters. The van der Waals surface area contributed by atoms with Gasteiger partial charge in [0.2, 0.25) is 0 Å². The molecule has 0 aliphatic heterocycles. The van der Waals surface area contributed by atoms with Crippen LogP contribution in [0.3, 0.4) is 0 Å². The summed E-state index contributed by atoms with van der Waals surface area (Å²) >= 11 is 0. The number of aliphatic carboxylic acids is 1. The lowest BCUT2D eigenvalue weighted by molar-refractivity contribution is -0.153. The van der Waals surface area contributed by atoms with Gasteiger partial charge in [-0.05, 0) is 13.8 Å². The van der Waals surface area contributed by atoms with Gasteiger partial charge in [0, 0.05) is 5.56 Å². The Kier molecular flexibility index (Phi) is 2.87. The van der Waals surface area contributed by atoms with E-state index in [0.29, 0.717) is 11.5 Å². The van der Waals surface area contributed by atoms with Crippen LogP contribution in [0.25, 0.3) is 0 Å². The molecular weight excluding hydrogens is 190 g/mol. The van der Waals surface area contributed by atoms with Crippen molar-refractivity contribution in [1.82, 2.24) is 5.16 Å². The lowest BCUT2D eigenvalue weighted by Crippen LogP contribution is -2.28. The normalized spacial score (nSPS) is 15.1. The van der Waals surface area contributed by atoms with Gasteiger partial charge in [-0.1, -0.05) is 5.16 Å². The minimum atomic E-state index is -1.87. The average Bonchev–Trinajstić information content (AvgIpc) is 2.44. The highest BCUT2D eigenvalue weighted by Crippen LogP contribution is 2.23. The molecule has 6 heteroatoms. The van der Waals surface area contributed by atoms with Gasteiger partial charge in [-0.15, -0.1) is 0 Å². The Bertz CT molecular complexity index is 326. The number of carboxylic acid groups (broad SMARTS) is 1. The Morgan fingerprint density at radius 2 is 2.00 bits per heavy atom. The molecule has 0 aliphatic rings. The predicted octanol–water partition coefficient (Wildman–Crippen LogP) is -0.230. The van der Waals surface area contributed by atoms with Gasteiger partial charge in [0.05, 0.1) is 5.69 Å². The van der Waals surface area contributed by atoms with Gasteiger partial charge < -0.3 is 19.8 Å². The van der Waals surface area contributed by atoms with Crippen molar-refractivity contribution in [2.24, 2.45) is 0 Å². The van der Waals surface area contributed by atoms with Crippen LogP contribution in [0.5, 0.6) is 0 Å². The molecular formula is C8H11NO5. The highest BCUT2D eigenvalue weighted by molar-refractivity contribution is 5.73. The van der Waals surface area contributed by atoms with Crippen LogP contribution in [-0.4, -0.2) is 32.5 Å². The predicted molar refractivity (Wildman–Crippen MR) is 44.6 cm³/mol. The maximum absolute atomic E-state index is 10.4. The fourth-order valence-corrected chi connectivity index (χ4v) is 1.21. The van der Waals surface area contributed by atoms with Crippen LogP contribution in [0.2, 0.25) is 0 Å². The molecule has 0 aromatic carbocycles. The number of carbonyl (C=O) groups is 1. The minimum Gasteiger partial charge on any atom is -0.479 e. The molecule has 6 nitrogen and oxygen atoms in total. The third kappa shape index (κ3) is 1.75. The van der Waals surface area contributed by atoms with Crippen LogP contribution in [0, 0.1) is 13.8 Å². The molecule has 14 heavy (non-hydrogen) atoms. The number of rotatable bonds is 3. The quantitative estimate of drug-likeness (QED) is 0.624. The highest BCUT2D eigenvalue weighted by atomic mass is 16.5. The van der Waals surface area contributed by atoms with Crippen molar-refractivity contribution >= 4 is 5.97 Å². The molecule has 0 fully saturated rings. The van der Waals surface area contributed by atoms with E-state index in [0.717, 1.165) is 0 Å². The summed E-state index contributed by atoms with van der Waals surface area (Å²) in [5.41, 5.74) is 0.593. The second-order valence-electron chi connectivity index (χ2n) is 2.97. The Balaban J connectivity index is 2.99. The topological polar surface area (TPSA) is 104 Å². The smallest absolute Gasteiger partial charge is 0.335 e. The van der Waals surface area contributed by atoms with Gasteiger partial charge in [-0.3, -0.25) is 0 Å². The first-order chi connectivity index (χ1) is 6.45. The SMILES string of the molecule is Cc1noc(C)c1C(O)C(O)C(=O)O. The molecule has 1 rings (SSSR count). The number of aliphatic hydroxyl groups excluding tert-OH is 2. The lowest BCUT2D eigenvalue weighted by atomic mass is 10.0. The van der Waals surface area contributed by atoms with Crippen LogP contribution in [0.1, 0.15) is 23.1 Å². The van der Waals surface area contributed by atoms with E-state index in [-0.39, 0.29) is 5.56 Å². The minimum absolute atomic E-state index is 0.222. The number of aromatic nitrogens is 1. The number of nitrogens with zero attached hydrogens (tertiary/aromatic N) is 1. The van der Waals surface area contributed by atoms with Crippen LogP contribution in [0.4, 0.5) is 0 Å². The van der Waals surface area contributed by atoms with E-state index in [9.17, 15) is 9.90 Å². The summed E-state index contributed by atoms with van der Waals surface area (Å²) in [6.07, 6.45) is -3.38. The zero-order chi connectivity index (χ0) is 10.9. The largest absolute Gasteiger partial charge is 0.479 e. The third-order valence-corrected chi connectivity index (χ3v) is 1.94. The van der Waals surface area contributed by atoms with Gasteiger partial charge in [0.25, 0.3) is 0 Å². The number of carboxylic acids is 1. The summed E-state index contributed by atoms with van der Waals surface area (Å²) in [5.74, 6) is -1.19. The van der Waals surface area contributed by atoms with Crippen molar-refractivity contribution in [2.45, 2.75) is 26.1 Å². The summed E-state index contributed by atoms with van der Waals surface area (Å²) in [6.45, 7) is 3.09. The van der Waals surface area contributed by atoms with Crippen molar-refractivity contribution in [3.8, 4) is 0 Å². The monoisotopic (exact) mass is 201 g/mol. The maximum Gasteiger partial charge on any atom is 0.335 e. The fraction of sp³-hybridized carbons (Fsp3) is 0.500. The standard InChI is InChI=1S/C8H11NO5/c1-3-5(4(2)14-9-3)6(10)7(11)8(12)13/h6-7,10-11H,1-2H3,(H,12,13). The molecule has 0 aliphatic carbocycles. The Morgan fingerprint density at radius 1 is 1.43 bits per heavy atom. The number of aliphatic hydroxyl groups is 2. The number of hydrogen-bond donors (Lipinski definition) is 3. The Morgan fingerprint density at radius 3 is 2.36 bits per heavy atom. The molecule has 0 bridgehead atoms. The third-order valence-electron chi connectivity index (χ3n) is 1.94. The molecule has 78 valence electrons. The van der Waals surface area contributed by atoms with E-state index in [4.69, 9.17) is 14.7 Å². The number of hydrogen-bond acceptors (Lipinski definition) is 5. The molecule has 0 saturated heterocycles.